The molecule has 0 saturated heterocycles. The van der Waals surface area contributed by atoms with E-state index in [1.165, 1.54) is 11.8 Å². The van der Waals surface area contributed by atoms with Crippen LogP contribution in [0.4, 0.5) is 5.82 Å². The van der Waals surface area contributed by atoms with Crippen LogP contribution in [0, 0.1) is 6.92 Å². The van der Waals surface area contributed by atoms with E-state index >= 15 is 0 Å². The van der Waals surface area contributed by atoms with Crippen LogP contribution in [-0.4, -0.2) is 43.1 Å². The maximum absolute atomic E-state index is 12.6. The average Bonchev–Trinajstić information content (AvgIpc) is 3.15. The molecule has 2 aromatic heterocycles. The number of hydrogen-bond donors (Lipinski definition) is 2. The van der Waals surface area contributed by atoms with Gasteiger partial charge < -0.3 is 15.2 Å². The lowest BCUT2D eigenvalue weighted by Crippen LogP contribution is -2.25. The number of phenolic OH excluding ortho intramolecular Hbond substituents is 1. The van der Waals surface area contributed by atoms with Crippen LogP contribution >= 0.6 is 0 Å². The van der Waals surface area contributed by atoms with Crippen molar-refractivity contribution in [3.8, 4) is 28.7 Å². The van der Waals surface area contributed by atoms with E-state index in [1.54, 1.807) is 24.4 Å². The van der Waals surface area contributed by atoms with Gasteiger partial charge in [0.1, 0.15) is 5.82 Å². The Morgan fingerprint density at radius 2 is 2.00 bits per heavy atom. The number of phenols is 1. The van der Waals surface area contributed by atoms with Crippen LogP contribution < -0.4 is 10.1 Å². The van der Waals surface area contributed by atoms with Gasteiger partial charge in [0.15, 0.2) is 11.5 Å². The number of anilines is 1. The van der Waals surface area contributed by atoms with Gasteiger partial charge in [0, 0.05) is 23.5 Å². The fourth-order valence-electron chi connectivity index (χ4n) is 4.02. The second-order valence-electron chi connectivity index (χ2n) is 7.50. The zero-order valence-electron chi connectivity index (χ0n) is 17.5. The van der Waals surface area contributed by atoms with Gasteiger partial charge in [-0.2, -0.15) is 14.9 Å². The molecule has 1 unspecified atom stereocenters. The molecule has 4 aromatic rings. The monoisotopic (exact) mass is 428 g/mol. The maximum Gasteiger partial charge on any atom is 0.272 e. The third-order valence-corrected chi connectivity index (χ3v) is 5.52. The molecule has 9 heteroatoms. The highest BCUT2D eigenvalue weighted by molar-refractivity contribution is 5.95. The van der Waals surface area contributed by atoms with Crippen molar-refractivity contribution in [3.05, 3.63) is 71.5 Å². The van der Waals surface area contributed by atoms with Gasteiger partial charge in [-0.1, -0.05) is 36.4 Å². The van der Waals surface area contributed by atoms with Crippen molar-refractivity contribution in [1.29, 1.82) is 0 Å². The van der Waals surface area contributed by atoms with Crippen LogP contribution in [-0.2, 0) is 4.79 Å². The number of nitrogens with one attached hydrogen (secondary N) is 1. The number of methoxy groups -OCH3 is 1. The van der Waals surface area contributed by atoms with E-state index in [4.69, 9.17) is 4.74 Å². The Labute approximate surface area is 183 Å². The minimum absolute atomic E-state index is 0.0429. The van der Waals surface area contributed by atoms with Crippen molar-refractivity contribution in [2.75, 3.05) is 12.4 Å². The highest BCUT2D eigenvalue weighted by Crippen LogP contribution is 2.42. The lowest BCUT2D eigenvalue weighted by molar-refractivity contribution is -0.116. The summed E-state index contributed by atoms with van der Waals surface area (Å²) in [4.78, 5) is 17.2. The summed E-state index contributed by atoms with van der Waals surface area (Å²) in [6, 6.07) is 14.8. The average molecular weight is 428 g/mol. The largest absolute Gasteiger partial charge is 0.504 e. The first-order valence-electron chi connectivity index (χ1n) is 10.1. The van der Waals surface area contributed by atoms with Gasteiger partial charge in [0.25, 0.3) is 5.95 Å². The molecule has 160 valence electrons. The predicted octanol–water partition coefficient (Wildman–Crippen LogP) is 3.22. The second-order valence-corrected chi connectivity index (χ2v) is 7.50. The summed E-state index contributed by atoms with van der Waals surface area (Å²) in [5.41, 5.74) is 4.01. The molecule has 5 rings (SSSR count). The van der Waals surface area contributed by atoms with Crippen molar-refractivity contribution < 1.29 is 14.6 Å². The molecular formula is C23H20N6O3. The number of aromatic nitrogens is 5. The van der Waals surface area contributed by atoms with Crippen molar-refractivity contribution in [1.82, 2.24) is 25.0 Å². The highest BCUT2D eigenvalue weighted by Gasteiger charge is 2.33. The molecule has 1 atom stereocenters. The second kappa shape index (κ2) is 7.77. The van der Waals surface area contributed by atoms with Gasteiger partial charge in [-0.05, 0) is 24.6 Å². The smallest absolute Gasteiger partial charge is 0.272 e. The number of aryl methyl sites for hydroxylation is 1. The van der Waals surface area contributed by atoms with E-state index in [0.29, 0.717) is 17.3 Å². The van der Waals surface area contributed by atoms with Gasteiger partial charge in [-0.15, -0.1) is 5.10 Å². The van der Waals surface area contributed by atoms with Crippen LogP contribution in [0.2, 0.25) is 0 Å². The molecule has 0 aliphatic carbocycles. The number of fused-ring (bicyclic) bond motifs is 1. The molecule has 9 nitrogen and oxygen atoms in total. The normalized spacial score (nSPS) is 15.2. The zero-order chi connectivity index (χ0) is 22.2. The van der Waals surface area contributed by atoms with E-state index < -0.39 is 0 Å². The Morgan fingerprint density at radius 1 is 1.19 bits per heavy atom. The summed E-state index contributed by atoms with van der Waals surface area (Å²) in [7, 11) is 1.49. The third-order valence-electron chi connectivity index (χ3n) is 5.52. The lowest BCUT2D eigenvalue weighted by Gasteiger charge is -2.24. The van der Waals surface area contributed by atoms with Crippen LogP contribution in [0.25, 0.3) is 17.2 Å². The first-order chi connectivity index (χ1) is 15.5. The van der Waals surface area contributed by atoms with Crippen molar-refractivity contribution in [3.63, 3.8) is 0 Å². The molecule has 3 heterocycles. The zero-order valence-corrected chi connectivity index (χ0v) is 17.5. The van der Waals surface area contributed by atoms with Crippen LogP contribution in [0.1, 0.15) is 29.2 Å². The molecule has 32 heavy (non-hydrogen) atoms. The summed E-state index contributed by atoms with van der Waals surface area (Å²) in [6.07, 6.45) is 1.84. The number of hydrogen-bond acceptors (Lipinski definition) is 7. The molecule has 0 spiro atoms. The Kier molecular flexibility index (Phi) is 4.78. The fraction of sp³-hybridized carbons (Fsp3) is 0.174. The molecule has 0 saturated carbocycles. The molecule has 0 fully saturated rings. The standard InChI is InChI=1S/C23H20N6O3/c1-13-21-16(15-8-9-18(30)19(10-15)32-2)11-20(31)26-22(21)29(28-13)23-25-17(12-24-27-23)14-6-4-3-5-7-14/h3-10,12,16,30H,11H2,1-2H3,(H,26,31). The minimum atomic E-state index is -0.257. The Morgan fingerprint density at radius 3 is 2.78 bits per heavy atom. The Hall–Kier alpha value is -4.27. The molecule has 2 N–H and O–H groups in total. The van der Waals surface area contributed by atoms with E-state index in [9.17, 15) is 9.90 Å². The topological polar surface area (TPSA) is 115 Å². The lowest BCUT2D eigenvalue weighted by atomic mass is 9.85. The molecular weight excluding hydrogens is 408 g/mol. The number of carbonyl (C=O) groups is 1. The number of nitrogens with zero attached hydrogens (tertiary/aromatic N) is 5. The molecule has 1 aliphatic heterocycles. The Bertz CT molecular complexity index is 1320. The van der Waals surface area contributed by atoms with Gasteiger partial charge in [-0.3, -0.25) is 4.79 Å². The van der Waals surface area contributed by atoms with Gasteiger partial charge >= 0.3 is 0 Å². The van der Waals surface area contributed by atoms with Crippen molar-refractivity contribution >= 4 is 11.7 Å². The summed E-state index contributed by atoms with van der Waals surface area (Å²) < 4.78 is 6.77. The van der Waals surface area contributed by atoms with E-state index in [2.05, 4.69) is 25.6 Å². The van der Waals surface area contributed by atoms with Crippen LogP contribution in [0.15, 0.2) is 54.7 Å². The molecule has 0 bridgehead atoms. The SMILES string of the molecule is COc1cc(C2CC(=O)Nc3c2c(C)nn3-c2nncc(-c3ccccc3)n2)ccc1O. The number of carbonyl (C=O) groups excluding carboxylic acids is 1. The maximum atomic E-state index is 12.6. The summed E-state index contributed by atoms with van der Waals surface area (Å²) in [5.74, 6) is 0.766. The van der Waals surface area contributed by atoms with Gasteiger partial charge in [-0.25, -0.2) is 4.98 Å². The van der Waals surface area contributed by atoms with E-state index in [-0.39, 0.29) is 29.9 Å². The quantitative estimate of drug-likeness (QED) is 0.513. The van der Waals surface area contributed by atoms with E-state index in [0.717, 1.165) is 22.4 Å². The molecule has 1 aliphatic rings. The van der Waals surface area contributed by atoms with Crippen molar-refractivity contribution in [2.45, 2.75) is 19.3 Å². The van der Waals surface area contributed by atoms with Gasteiger partial charge in [0.2, 0.25) is 5.91 Å². The van der Waals surface area contributed by atoms with E-state index in [1.807, 2.05) is 37.3 Å². The molecule has 1 amide bonds. The van der Waals surface area contributed by atoms with Crippen LogP contribution in [0.3, 0.4) is 0 Å². The number of aromatic hydroxyl groups is 1. The molecule has 0 radical (unpaired) electrons. The first-order valence-corrected chi connectivity index (χ1v) is 10.1. The first kappa shape index (κ1) is 19.7. The number of amides is 1. The summed E-state index contributed by atoms with van der Waals surface area (Å²) >= 11 is 0. The Balaban J connectivity index is 1.62. The minimum Gasteiger partial charge on any atom is -0.504 e. The number of rotatable bonds is 4. The molecule has 2 aromatic carbocycles. The third kappa shape index (κ3) is 3.33. The summed E-state index contributed by atoms with van der Waals surface area (Å²) in [5, 5.41) is 25.8. The van der Waals surface area contributed by atoms with Crippen LogP contribution in [0.5, 0.6) is 11.5 Å². The fourth-order valence-corrected chi connectivity index (χ4v) is 4.02. The number of ether oxygens (including phenoxy) is 1. The van der Waals surface area contributed by atoms with Gasteiger partial charge in [0.05, 0.1) is 24.7 Å². The van der Waals surface area contributed by atoms with Crippen molar-refractivity contribution in [2.24, 2.45) is 0 Å². The predicted molar refractivity (Wildman–Crippen MR) is 117 cm³/mol. The number of benzene rings is 2. The summed E-state index contributed by atoms with van der Waals surface area (Å²) in [6.45, 7) is 1.88. The highest BCUT2D eigenvalue weighted by atomic mass is 16.5.